The molecule has 1 amide bonds. The Morgan fingerprint density at radius 1 is 1.50 bits per heavy atom. The maximum atomic E-state index is 12.4. The number of carbonyl (C=O) groups is 1. The second-order valence-corrected chi connectivity index (χ2v) is 3.03. The Labute approximate surface area is 93.4 Å². The number of carbonyl (C=O) groups excluding carboxylic acids is 1. The van der Waals surface area contributed by atoms with E-state index in [0.29, 0.717) is 6.07 Å². The van der Waals surface area contributed by atoms with Crippen molar-refractivity contribution in [3.05, 3.63) is 28.5 Å². The van der Waals surface area contributed by atoms with Crippen LogP contribution in [-0.4, -0.2) is 10.9 Å². The Morgan fingerprint density at radius 2 is 2.12 bits per heavy atom. The lowest BCUT2D eigenvalue weighted by atomic mass is 10.2. The Hall–Kier alpha value is -1.74. The number of aromatic nitrogens is 1. The van der Waals surface area contributed by atoms with Crippen LogP contribution in [0.25, 0.3) is 0 Å². The summed E-state index contributed by atoms with van der Waals surface area (Å²) in [4.78, 5) is 13.6. The molecular weight excluding hydrogens is 245 g/mol. The van der Waals surface area contributed by atoms with Crippen LogP contribution in [0.2, 0.25) is 5.15 Å². The molecule has 16 heavy (non-hydrogen) atoms. The summed E-state index contributed by atoms with van der Waals surface area (Å²) in [5.41, 5.74) is 3.52. The molecule has 3 nitrogen and oxygen atoms in total. The number of pyridine rings is 1. The summed E-state index contributed by atoms with van der Waals surface area (Å²) in [5.74, 6) is 3.10. The number of halogens is 4. The minimum absolute atomic E-state index is 0.0875. The fourth-order valence-corrected chi connectivity index (χ4v) is 1.06. The van der Waals surface area contributed by atoms with Crippen LogP contribution < -0.4 is 5.73 Å². The van der Waals surface area contributed by atoms with Crippen LogP contribution in [0.15, 0.2) is 12.3 Å². The normalized spacial score (nSPS) is 10.5. The fourth-order valence-electron chi connectivity index (χ4n) is 0.849. The molecule has 0 spiro atoms. The zero-order valence-corrected chi connectivity index (χ0v) is 8.36. The Bertz CT molecular complexity index is 488. The zero-order chi connectivity index (χ0) is 12.3. The van der Waals surface area contributed by atoms with E-state index in [9.17, 15) is 18.0 Å². The number of hydrogen-bond donors (Lipinski definition) is 1. The molecule has 0 radical (unpaired) electrons. The predicted octanol–water partition coefficient (Wildman–Crippen LogP) is 1.59. The van der Waals surface area contributed by atoms with Crippen molar-refractivity contribution in [2.24, 2.45) is 5.73 Å². The largest absolute Gasteiger partial charge is 0.419 e. The maximum absolute atomic E-state index is 12.4. The third kappa shape index (κ3) is 3.14. The first-order valence-electron chi connectivity index (χ1n) is 3.85. The molecule has 2 N–H and O–H groups in total. The number of amides is 1. The van der Waals surface area contributed by atoms with Crippen LogP contribution in [0.3, 0.4) is 0 Å². The summed E-state index contributed by atoms with van der Waals surface area (Å²) >= 11 is 5.27. The first-order valence-corrected chi connectivity index (χ1v) is 4.22. The summed E-state index contributed by atoms with van der Waals surface area (Å²) < 4.78 is 37.1. The van der Waals surface area contributed by atoms with Gasteiger partial charge in [0.2, 0.25) is 0 Å². The van der Waals surface area contributed by atoms with Gasteiger partial charge >= 0.3 is 6.18 Å². The highest BCUT2D eigenvalue weighted by molar-refractivity contribution is 6.30. The van der Waals surface area contributed by atoms with E-state index in [1.807, 2.05) is 5.92 Å². The van der Waals surface area contributed by atoms with E-state index in [1.54, 1.807) is 0 Å². The number of hydrogen-bond acceptors (Lipinski definition) is 2. The highest BCUT2D eigenvalue weighted by atomic mass is 35.5. The van der Waals surface area contributed by atoms with Gasteiger partial charge in [0.25, 0.3) is 5.91 Å². The van der Waals surface area contributed by atoms with Crippen molar-refractivity contribution in [1.82, 2.24) is 4.98 Å². The third-order valence-electron chi connectivity index (χ3n) is 1.47. The number of nitrogens with zero attached hydrogens (tertiary/aromatic N) is 1. The highest BCUT2D eigenvalue weighted by Gasteiger charge is 2.34. The molecule has 1 aromatic rings. The van der Waals surface area contributed by atoms with Gasteiger partial charge in [0.05, 0.1) is 5.56 Å². The first kappa shape index (κ1) is 12.3. The molecule has 0 saturated heterocycles. The first-order chi connectivity index (χ1) is 7.30. The van der Waals surface area contributed by atoms with Gasteiger partial charge in [-0.05, 0) is 6.07 Å². The Morgan fingerprint density at radius 3 is 2.62 bits per heavy atom. The second kappa shape index (κ2) is 4.41. The average Bonchev–Trinajstić information content (AvgIpc) is 2.14. The highest BCUT2D eigenvalue weighted by Crippen LogP contribution is 2.33. The molecular formula is C9H4ClF3N2O. The van der Waals surface area contributed by atoms with E-state index in [0.717, 1.165) is 6.20 Å². The standard InChI is InChI=1S/C9H4ClF3N2O/c10-8-6(9(11,12)13)3-5(4-15-8)1-2-7(14)16/h3-4H,(H2,14,16). The summed E-state index contributed by atoms with van der Waals surface area (Å²) in [6.07, 6.45) is -3.60. The van der Waals surface area contributed by atoms with Gasteiger partial charge in [-0.25, -0.2) is 4.98 Å². The van der Waals surface area contributed by atoms with Crippen molar-refractivity contribution in [3.8, 4) is 11.8 Å². The molecule has 0 aromatic carbocycles. The van der Waals surface area contributed by atoms with E-state index >= 15 is 0 Å². The maximum Gasteiger partial charge on any atom is 0.419 e. The third-order valence-corrected chi connectivity index (χ3v) is 1.78. The summed E-state index contributed by atoms with van der Waals surface area (Å²) in [6, 6.07) is 0.700. The smallest absolute Gasteiger partial charge is 0.359 e. The van der Waals surface area contributed by atoms with Gasteiger partial charge < -0.3 is 5.73 Å². The van der Waals surface area contributed by atoms with E-state index in [-0.39, 0.29) is 5.56 Å². The van der Waals surface area contributed by atoms with Gasteiger partial charge in [-0.3, -0.25) is 4.79 Å². The lowest BCUT2D eigenvalue weighted by Gasteiger charge is -2.07. The van der Waals surface area contributed by atoms with Crippen molar-refractivity contribution in [2.45, 2.75) is 6.18 Å². The topological polar surface area (TPSA) is 56.0 Å². The van der Waals surface area contributed by atoms with Gasteiger partial charge in [-0.1, -0.05) is 17.5 Å². The van der Waals surface area contributed by atoms with Gasteiger partial charge in [0.15, 0.2) is 0 Å². The van der Waals surface area contributed by atoms with Crippen LogP contribution in [0, 0.1) is 11.8 Å². The molecule has 84 valence electrons. The molecule has 0 fully saturated rings. The molecule has 0 atom stereocenters. The van der Waals surface area contributed by atoms with Gasteiger partial charge in [0, 0.05) is 17.7 Å². The summed E-state index contributed by atoms with van der Waals surface area (Å²) in [6.45, 7) is 0. The van der Waals surface area contributed by atoms with Crippen LogP contribution in [-0.2, 0) is 11.0 Å². The molecule has 0 saturated carbocycles. The number of nitrogens with two attached hydrogens (primary N) is 1. The molecule has 7 heteroatoms. The number of rotatable bonds is 0. The van der Waals surface area contributed by atoms with Crippen LogP contribution in [0.1, 0.15) is 11.1 Å². The quantitative estimate of drug-likeness (QED) is 0.560. The van der Waals surface area contributed by atoms with Crippen molar-refractivity contribution < 1.29 is 18.0 Å². The fraction of sp³-hybridized carbons (Fsp3) is 0.111. The average molecular weight is 249 g/mol. The molecule has 1 heterocycles. The van der Waals surface area contributed by atoms with E-state index in [1.165, 1.54) is 0 Å². The SMILES string of the molecule is NC(=O)C#Cc1cnc(Cl)c(C(F)(F)F)c1. The van der Waals surface area contributed by atoms with Gasteiger partial charge in [-0.15, -0.1) is 0 Å². The van der Waals surface area contributed by atoms with Crippen LogP contribution in [0.5, 0.6) is 0 Å². The lowest BCUT2D eigenvalue weighted by molar-refractivity contribution is -0.137. The second-order valence-electron chi connectivity index (χ2n) is 2.67. The molecule has 1 aromatic heterocycles. The molecule has 0 aliphatic heterocycles. The predicted molar refractivity (Wildman–Crippen MR) is 50.3 cm³/mol. The zero-order valence-electron chi connectivity index (χ0n) is 7.60. The number of primary amides is 1. The van der Waals surface area contributed by atoms with Crippen molar-refractivity contribution >= 4 is 17.5 Å². The molecule has 0 bridgehead atoms. The van der Waals surface area contributed by atoms with Crippen molar-refractivity contribution in [2.75, 3.05) is 0 Å². The summed E-state index contributed by atoms with van der Waals surface area (Å²) in [5, 5.41) is -0.669. The molecule has 0 unspecified atom stereocenters. The monoisotopic (exact) mass is 248 g/mol. The molecule has 1 rings (SSSR count). The lowest BCUT2D eigenvalue weighted by Crippen LogP contribution is -2.08. The molecule has 0 aliphatic carbocycles. The Kier molecular flexibility index (Phi) is 3.40. The van der Waals surface area contributed by atoms with E-state index < -0.39 is 22.8 Å². The van der Waals surface area contributed by atoms with Gasteiger partial charge in [-0.2, -0.15) is 13.2 Å². The van der Waals surface area contributed by atoms with E-state index in [2.05, 4.69) is 10.9 Å². The minimum atomic E-state index is -4.62. The minimum Gasteiger partial charge on any atom is -0.359 e. The Balaban J connectivity index is 3.20. The summed E-state index contributed by atoms with van der Waals surface area (Å²) in [7, 11) is 0. The van der Waals surface area contributed by atoms with Crippen LogP contribution >= 0.6 is 11.6 Å². The molecule has 0 aliphatic rings. The number of alkyl halides is 3. The van der Waals surface area contributed by atoms with Crippen molar-refractivity contribution in [3.63, 3.8) is 0 Å². The van der Waals surface area contributed by atoms with E-state index in [4.69, 9.17) is 17.3 Å². The van der Waals surface area contributed by atoms with Gasteiger partial charge in [0.1, 0.15) is 5.15 Å². The van der Waals surface area contributed by atoms with Crippen molar-refractivity contribution in [1.29, 1.82) is 0 Å². The van der Waals surface area contributed by atoms with Crippen LogP contribution in [0.4, 0.5) is 13.2 Å².